The number of amides is 2. The van der Waals surface area contributed by atoms with Gasteiger partial charge >= 0.3 is 5.97 Å². The lowest BCUT2D eigenvalue weighted by molar-refractivity contribution is -0.147. The van der Waals surface area contributed by atoms with Gasteiger partial charge in [0.2, 0.25) is 0 Å². The first kappa shape index (κ1) is 20.2. The molecule has 144 valence electrons. The molecule has 0 aliphatic rings. The van der Waals surface area contributed by atoms with Gasteiger partial charge in [0, 0.05) is 12.2 Å². The largest absolute Gasteiger partial charge is 0.459 e. The van der Waals surface area contributed by atoms with Crippen LogP contribution in [-0.4, -0.2) is 30.9 Å². The molecule has 0 spiro atoms. The minimum absolute atomic E-state index is 0.0403. The maximum absolute atomic E-state index is 12.1. The van der Waals surface area contributed by atoms with Gasteiger partial charge in [-0.25, -0.2) is 0 Å². The SMILES string of the molecule is Cc1cccc(C(C)C)c1NC(=O)COC(=O)CCNC(=O)c1ccco1. The lowest BCUT2D eigenvalue weighted by atomic mass is 9.98. The monoisotopic (exact) mass is 372 g/mol. The molecule has 27 heavy (non-hydrogen) atoms. The molecule has 7 heteroatoms. The molecule has 0 atom stereocenters. The number of hydrogen-bond acceptors (Lipinski definition) is 5. The average molecular weight is 372 g/mol. The number of benzene rings is 1. The molecule has 1 aromatic heterocycles. The Kier molecular flexibility index (Phi) is 7.16. The van der Waals surface area contributed by atoms with Crippen LogP contribution >= 0.6 is 0 Å². The minimum atomic E-state index is -0.571. The Bertz CT molecular complexity index is 797. The van der Waals surface area contributed by atoms with Crippen molar-refractivity contribution in [3.05, 3.63) is 53.5 Å². The highest BCUT2D eigenvalue weighted by molar-refractivity contribution is 5.94. The molecule has 0 fully saturated rings. The van der Waals surface area contributed by atoms with Crippen molar-refractivity contribution in [3.8, 4) is 0 Å². The van der Waals surface area contributed by atoms with E-state index in [-0.39, 0.29) is 31.3 Å². The molecule has 2 amide bonds. The van der Waals surface area contributed by atoms with E-state index in [1.807, 2.05) is 39.0 Å². The van der Waals surface area contributed by atoms with E-state index >= 15 is 0 Å². The van der Waals surface area contributed by atoms with Gasteiger partial charge in [0.25, 0.3) is 11.8 Å². The van der Waals surface area contributed by atoms with Crippen molar-refractivity contribution in [2.45, 2.75) is 33.1 Å². The molecule has 2 N–H and O–H groups in total. The second-order valence-electron chi connectivity index (χ2n) is 6.39. The van der Waals surface area contributed by atoms with Crippen molar-refractivity contribution in [2.24, 2.45) is 0 Å². The van der Waals surface area contributed by atoms with Gasteiger partial charge in [-0.05, 0) is 36.1 Å². The van der Waals surface area contributed by atoms with Crippen molar-refractivity contribution >= 4 is 23.5 Å². The van der Waals surface area contributed by atoms with Gasteiger partial charge in [-0.2, -0.15) is 0 Å². The van der Waals surface area contributed by atoms with Crippen molar-refractivity contribution < 1.29 is 23.5 Å². The zero-order valence-corrected chi connectivity index (χ0v) is 15.7. The van der Waals surface area contributed by atoms with E-state index in [1.165, 1.54) is 12.3 Å². The van der Waals surface area contributed by atoms with E-state index in [4.69, 9.17) is 9.15 Å². The summed E-state index contributed by atoms with van der Waals surface area (Å²) in [5, 5.41) is 5.35. The number of anilines is 1. The van der Waals surface area contributed by atoms with E-state index in [0.29, 0.717) is 0 Å². The summed E-state index contributed by atoms with van der Waals surface area (Å²) in [5.74, 6) is -0.966. The summed E-state index contributed by atoms with van der Waals surface area (Å²) < 4.78 is 9.91. The number of furan rings is 1. The Balaban J connectivity index is 1.75. The molecule has 1 aromatic carbocycles. The van der Waals surface area contributed by atoms with Crippen LogP contribution < -0.4 is 10.6 Å². The summed E-state index contributed by atoms with van der Waals surface area (Å²) >= 11 is 0. The number of carbonyl (C=O) groups excluding carboxylic acids is 3. The second-order valence-corrected chi connectivity index (χ2v) is 6.39. The first-order valence-corrected chi connectivity index (χ1v) is 8.75. The topological polar surface area (TPSA) is 97.6 Å². The van der Waals surface area contributed by atoms with E-state index in [9.17, 15) is 14.4 Å². The second kappa shape index (κ2) is 9.56. The van der Waals surface area contributed by atoms with E-state index in [0.717, 1.165) is 16.8 Å². The predicted octanol–water partition coefficient (Wildman–Crippen LogP) is 3.01. The number of ether oxygens (including phenoxy) is 1. The van der Waals surface area contributed by atoms with Crippen LogP contribution in [0.4, 0.5) is 5.69 Å². The number of nitrogens with one attached hydrogen (secondary N) is 2. The molecule has 0 aliphatic carbocycles. The summed E-state index contributed by atoms with van der Waals surface area (Å²) in [6.45, 7) is 5.71. The molecule has 2 aromatic rings. The van der Waals surface area contributed by atoms with Crippen LogP contribution in [0.3, 0.4) is 0 Å². The van der Waals surface area contributed by atoms with Gasteiger partial charge in [0.1, 0.15) is 0 Å². The summed E-state index contributed by atoms with van der Waals surface area (Å²) in [6.07, 6.45) is 1.35. The normalized spacial score (nSPS) is 10.5. The Morgan fingerprint density at radius 2 is 1.93 bits per heavy atom. The van der Waals surface area contributed by atoms with Crippen molar-refractivity contribution in [1.29, 1.82) is 0 Å². The van der Waals surface area contributed by atoms with Crippen LogP contribution in [0.25, 0.3) is 0 Å². The van der Waals surface area contributed by atoms with Gasteiger partial charge in [-0.3, -0.25) is 14.4 Å². The Labute approximate surface area is 158 Å². The molecule has 0 radical (unpaired) electrons. The van der Waals surface area contributed by atoms with Crippen molar-refractivity contribution in [1.82, 2.24) is 5.32 Å². The number of rotatable bonds is 8. The van der Waals surface area contributed by atoms with Crippen molar-refractivity contribution in [2.75, 3.05) is 18.5 Å². The number of carbonyl (C=O) groups is 3. The van der Waals surface area contributed by atoms with Crippen LogP contribution in [0.5, 0.6) is 0 Å². The molecule has 0 saturated carbocycles. The Morgan fingerprint density at radius 1 is 1.15 bits per heavy atom. The molecule has 0 unspecified atom stereocenters. The fraction of sp³-hybridized carbons (Fsp3) is 0.350. The highest BCUT2D eigenvalue weighted by atomic mass is 16.5. The zero-order valence-electron chi connectivity index (χ0n) is 15.7. The van der Waals surface area contributed by atoms with Crippen LogP contribution in [0.1, 0.15) is 47.9 Å². The molecule has 2 rings (SSSR count). The van der Waals surface area contributed by atoms with Gasteiger partial charge in [-0.15, -0.1) is 0 Å². The van der Waals surface area contributed by atoms with Gasteiger partial charge < -0.3 is 19.8 Å². The standard InChI is InChI=1S/C20H24N2O5/c1-13(2)15-7-4-6-14(3)19(15)22-17(23)12-27-18(24)9-10-21-20(25)16-8-5-11-26-16/h4-8,11,13H,9-10,12H2,1-3H3,(H,21,25)(H,22,23). The lowest BCUT2D eigenvalue weighted by Gasteiger charge is -2.16. The summed E-state index contributed by atoms with van der Waals surface area (Å²) in [7, 11) is 0. The fourth-order valence-corrected chi connectivity index (χ4v) is 2.51. The fourth-order valence-electron chi connectivity index (χ4n) is 2.51. The zero-order chi connectivity index (χ0) is 19.8. The third kappa shape index (κ3) is 5.99. The first-order chi connectivity index (χ1) is 12.9. The summed E-state index contributed by atoms with van der Waals surface area (Å²) in [4.78, 5) is 35.5. The van der Waals surface area contributed by atoms with Gasteiger partial charge in [-0.1, -0.05) is 32.0 Å². The molecule has 0 aliphatic heterocycles. The number of hydrogen-bond donors (Lipinski definition) is 2. The molecule has 0 bridgehead atoms. The van der Waals surface area contributed by atoms with Crippen LogP contribution in [-0.2, 0) is 14.3 Å². The van der Waals surface area contributed by atoms with E-state index < -0.39 is 17.8 Å². The van der Waals surface area contributed by atoms with E-state index in [1.54, 1.807) is 6.07 Å². The molecule has 7 nitrogen and oxygen atoms in total. The maximum atomic E-state index is 12.1. The Morgan fingerprint density at radius 3 is 2.59 bits per heavy atom. The average Bonchev–Trinajstić information content (AvgIpc) is 3.16. The highest BCUT2D eigenvalue weighted by Gasteiger charge is 2.14. The van der Waals surface area contributed by atoms with Crippen LogP contribution in [0, 0.1) is 6.92 Å². The number of aryl methyl sites for hydroxylation is 1. The molecule has 1 heterocycles. The smallest absolute Gasteiger partial charge is 0.308 e. The Hall–Kier alpha value is -3.09. The summed E-state index contributed by atoms with van der Waals surface area (Å²) in [5.41, 5.74) is 2.72. The van der Waals surface area contributed by atoms with Crippen LogP contribution in [0.15, 0.2) is 41.0 Å². The van der Waals surface area contributed by atoms with Gasteiger partial charge in [0.15, 0.2) is 12.4 Å². The highest BCUT2D eigenvalue weighted by Crippen LogP contribution is 2.27. The predicted molar refractivity (Wildman–Crippen MR) is 101 cm³/mol. The molecule has 0 saturated heterocycles. The number of esters is 1. The first-order valence-electron chi connectivity index (χ1n) is 8.75. The van der Waals surface area contributed by atoms with Gasteiger partial charge in [0.05, 0.1) is 12.7 Å². The maximum Gasteiger partial charge on any atom is 0.308 e. The van der Waals surface area contributed by atoms with E-state index in [2.05, 4.69) is 10.6 Å². The number of para-hydroxylation sites is 1. The minimum Gasteiger partial charge on any atom is -0.459 e. The lowest BCUT2D eigenvalue weighted by Crippen LogP contribution is -2.27. The van der Waals surface area contributed by atoms with Crippen molar-refractivity contribution in [3.63, 3.8) is 0 Å². The molecular weight excluding hydrogens is 348 g/mol. The third-order valence-corrected chi connectivity index (χ3v) is 3.92. The molecular formula is C20H24N2O5. The van der Waals surface area contributed by atoms with Crippen LogP contribution in [0.2, 0.25) is 0 Å². The summed E-state index contributed by atoms with van der Waals surface area (Å²) in [6, 6.07) is 8.93. The third-order valence-electron chi connectivity index (χ3n) is 3.92. The quantitative estimate of drug-likeness (QED) is 0.694.